The molecule has 6 heteroatoms. The molecule has 0 aliphatic heterocycles. The van der Waals surface area contributed by atoms with Crippen LogP contribution in [0, 0.1) is 6.92 Å². The highest BCUT2D eigenvalue weighted by Crippen LogP contribution is 2.24. The van der Waals surface area contributed by atoms with E-state index < -0.39 is 10.0 Å². The molecule has 0 spiro atoms. The van der Waals surface area contributed by atoms with Gasteiger partial charge in [-0.25, -0.2) is 13.4 Å². The minimum Gasteiger partial charge on any atom is -0.367 e. The van der Waals surface area contributed by atoms with Crippen LogP contribution >= 0.6 is 0 Å². The van der Waals surface area contributed by atoms with E-state index in [0.717, 1.165) is 5.82 Å². The second kappa shape index (κ2) is 5.37. The van der Waals surface area contributed by atoms with E-state index in [1.165, 1.54) is 19.0 Å². The van der Waals surface area contributed by atoms with Gasteiger partial charge in [0.15, 0.2) is 0 Å². The van der Waals surface area contributed by atoms with Crippen molar-refractivity contribution >= 4 is 21.5 Å². The second-order valence-electron chi connectivity index (χ2n) is 5.22. The van der Waals surface area contributed by atoms with Crippen molar-refractivity contribution < 1.29 is 8.42 Å². The van der Waals surface area contributed by atoms with Gasteiger partial charge in [0.05, 0.1) is 16.8 Å². The van der Waals surface area contributed by atoms with Crippen molar-refractivity contribution in [3.63, 3.8) is 0 Å². The summed E-state index contributed by atoms with van der Waals surface area (Å²) in [5.74, 6) is 0.774. The van der Waals surface area contributed by atoms with E-state index in [-0.39, 0.29) is 4.90 Å². The molecule has 1 aromatic carbocycles. The van der Waals surface area contributed by atoms with Gasteiger partial charge in [-0.05, 0) is 43.5 Å². The average Bonchev–Trinajstić information content (AvgIpc) is 3.25. The molecule has 1 fully saturated rings. The molecule has 0 radical (unpaired) electrons. The third-order valence-electron chi connectivity index (χ3n) is 3.33. The summed E-state index contributed by atoms with van der Waals surface area (Å²) >= 11 is 0. The zero-order chi connectivity index (χ0) is 14.9. The maximum absolute atomic E-state index is 12.3. The van der Waals surface area contributed by atoms with Gasteiger partial charge in [-0.2, -0.15) is 0 Å². The molecule has 0 atom stereocenters. The molecule has 5 nitrogen and oxygen atoms in total. The lowest BCUT2D eigenvalue weighted by Gasteiger charge is -2.10. The Morgan fingerprint density at radius 1 is 1.14 bits per heavy atom. The van der Waals surface area contributed by atoms with E-state index in [1.54, 1.807) is 37.3 Å². The molecule has 0 saturated heterocycles. The van der Waals surface area contributed by atoms with Gasteiger partial charge in [0.2, 0.25) is 0 Å². The van der Waals surface area contributed by atoms with Crippen molar-refractivity contribution in [2.45, 2.75) is 30.7 Å². The lowest BCUT2D eigenvalue weighted by Crippen LogP contribution is -2.14. The second-order valence-corrected chi connectivity index (χ2v) is 6.87. The molecule has 1 aromatic heterocycles. The van der Waals surface area contributed by atoms with Gasteiger partial charge in [0.1, 0.15) is 5.82 Å². The fourth-order valence-corrected chi connectivity index (χ4v) is 3.34. The quantitative estimate of drug-likeness (QED) is 0.891. The Balaban J connectivity index is 1.77. The Kier molecular flexibility index (Phi) is 3.55. The smallest absolute Gasteiger partial charge is 0.262 e. The lowest BCUT2D eigenvalue weighted by atomic mass is 10.2. The van der Waals surface area contributed by atoms with E-state index in [4.69, 9.17) is 0 Å². The van der Waals surface area contributed by atoms with Crippen molar-refractivity contribution in [3.05, 3.63) is 48.2 Å². The molecule has 1 saturated carbocycles. The monoisotopic (exact) mass is 303 g/mol. The number of hydrogen-bond donors (Lipinski definition) is 2. The summed E-state index contributed by atoms with van der Waals surface area (Å²) in [5, 5.41) is 3.26. The maximum Gasteiger partial charge on any atom is 0.262 e. The first-order chi connectivity index (χ1) is 10.0. The van der Waals surface area contributed by atoms with Crippen molar-refractivity contribution in [1.82, 2.24) is 4.98 Å². The van der Waals surface area contributed by atoms with Gasteiger partial charge in [-0.1, -0.05) is 18.2 Å². The van der Waals surface area contributed by atoms with Gasteiger partial charge >= 0.3 is 0 Å². The SMILES string of the molecule is Cc1ccccc1S(=O)(=O)Nc1ccc(NC2CC2)nc1. The predicted molar refractivity (Wildman–Crippen MR) is 82.9 cm³/mol. The highest BCUT2D eigenvalue weighted by Gasteiger charge is 2.21. The van der Waals surface area contributed by atoms with Crippen LogP contribution in [0.4, 0.5) is 11.5 Å². The summed E-state index contributed by atoms with van der Waals surface area (Å²) < 4.78 is 27.2. The topological polar surface area (TPSA) is 71.1 Å². The fraction of sp³-hybridized carbons (Fsp3) is 0.267. The van der Waals surface area contributed by atoms with Crippen LogP contribution < -0.4 is 10.0 Å². The third kappa shape index (κ3) is 3.33. The summed E-state index contributed by atoms with van der Waals surface area (Å²) in [6.07, 6.45) is 3.87. The number of anilines is 2. The van der Waals surface area contributed by atoms with Gasteiger partial charge < -0.3 is 5.32 Å². The number of nitrogens with one attached hydrogen (secondary N) is 2. The maximum atomic E-state index is 12.3. The van der Waals surface area contributed by atoms with Crippen LogP contribution in [0.5, 0.6) is 0 Å². The highest BCUT2D eigenvalue weighted by atomic mass is 32.2. The number of aromatic nitrogens is 1. The number of aryl methyl sites for hydroxylation is 1. The number of rotatable bonds is 5. The van der Waals surface area contributed by atoms with E-state index in [1.807, 2.05) is 6.07 Å². The normalized spacial score (nSPS) is 14.7. The van der Waals surface area contributed by atoms with Crippen LogP contribution in [0.15, 0.2) is 47.5 Å². The Labute approximate surface area is 124 Å². The number of pyridine rings is 1. The number of nitrogens with zero attached hydrogens (tertiary/aromatic N) is 1. The molecule has 1 heterocycles. The van der Waals surface area contributed by atoms with Crippen molar-refractivity contribution in [1.29, 1.82) is 0 Å². The Morgan fingerprint density at radius 2 is 1.90 bits per heavy atom. The Hall–Kier alpha value is -2.08. The molecular formula is C15H17N3O2S. The zero-order valence-electron chi connectivity index (χ0n) is 11.7. The molecule has 3 rings (SSSR count). The van der Waals surface area contributed by atoms with Crippen LogP contribution in [-0.4, -0.2) is 19.4 Å². The Morgan fingerprint density at radius 3 is 2.52 bits per heavy atom. The standard InChI is InChI=1S/C15H17N3O2S/c1-11-4-2-3-5-14(11)21(19,20)18-13-8-9-15(16-10-13)17-12-6-7-12/h2-5,8-10,12,18H,6-7H2,1H3,(H,16,17). The number of sulfonamides is 1. The van der Waals surface area contributed by atoms with Crippen LogP contribution in [0.25, 0.3) is 0 Å². The Bertz CT molecular complexity index is 738. The molecule has 2 N–H and O–H groups in total. The molecule has 110 valence electrons. The predicted octanol–water partition coefficient (Wildman–Crippen LogP) is 2.77. The molecular weight excluding hydrogens is 286 g/mol. The van der Waals surface area contributed by atoms with E-state index >= 15 is 0 Å². The molecule has 21 heavy (non-hydrogen) atoms. The highest BCUT2D eigenvalue weighted by molar-refractivity contribution is 7.92. The van der Waals surface area contributed by atoms with Crippen LogP contribution in [0.2, 0.25) is 0 Å². The first-order valence-electron chi connectivity index (χ1n) is 6.86. The number of hydrogen-bond acceptors (Lipinski definition) is 4. The lowest BCUT2D eigenvalue weighted by molar-refractivity contribution is 0.600. The zero-order valence-corrected chi connectivity index (χ0v) is 12.5. The first-order valence-corrected chi connectivity index (χ1v) is 8.34. The average molecular weight is 303 g/mol. The van der Waals surface area contributed by atoms with Gasteiger partial charge in [0.25, 0.3) is 10.0 Å². The molecule has 0 amide bonds. The number of benzene rings is 1. The van der Waals surface area contributed by atoms with Crippen molar-refractivity contribution in [2.24, 2.45) is 0 Å². The fourth-order valence-electron chi connectivity index (χ4n) is 2.04. The van der Waals surface area contributed by atoms with Crippen LogP contribution in [-0.2, 0) is 10.0 Å². The molecule has 1 aliphatic rings. The molecule has 2 aromatic rings. The third-order valence-corrected chi connectivity index (χ3v) is 4.87. The summed E-state index contributed by atoms with van der Waals surface area (Å²) in [6.45, 7) is 1.77. The van der Waals surface area contributed by atoms with Gasteiger partial charge in [0, 0.05) is 6.04 Å². The van der Waals surface area contributed by atoms with Gasteiger partial charge in [-0.3, -0.25) is 4.72 Å². The summed E-state index contributed by atoms with van der Waals surface area (Å²) in [5.41, 5.74) is 1.17. The van der Waals surface area contributed by atoms with Crippen LogP contribution in [0.3, 0.4) is 0 Å². The largest absolute Gasteiger partial charge is 0.367 e. The van der Waals surface area contributed by atoms with Gasteiger partial charge in [-0.15, -0.1) is 0 Å². The van der Waals surface area contributed by atoms with E-state index in [0.29, 0.717) is 17.3 Å². The van der Waals surface area contributed by atoms with Crippen molar-refractivity contribution in [2.75, 3.05) is 10.0 Å². The minimum atomic E-state index is -3.58. The minimum absolute atomic E-state index is 0.283. The van der Waals surface area contributed by atoms with E-state index in [2.05, 4.69) is 15.0 Å². The summed E-state index contributed by atoms with van der Waals surface area (Å²) in [6, 6.07) is 10.9. The summed E-state index contributed by atoms with van der Waals surface area (Å²) in [4.78, 5) is 4.50. The van der Waals surface area contributed by atoms with Crippen LogP contribution in [0.1, 0.15) is 18.4 Å². The first kappa shape index (κ1) is 13.9. The summed E-state index contributed by atoms with van der Waals surface area (Å²) in [7, 11) is -3.58. The van der Waals surface area contributed by atoms with Crippen molar-refractivity contribution in [3.8, 4) is 0 Å². The molecule has 1 aliphatic carbocycles. The molecule has 0 bridgehead atoms. The molecule has 0 unspecified atom stereocenters. The van der Waals surface area contributed by atoms with E-state index in [9.17, 15) is 8.42 Å².